The average molecular weight is 518 g/mol. The van der Waals surface area contributed by atoms with Crippen molar-refractivity contribution in [2.75, 3.05) is 13.7 Å². The van der Waals surface area contributed by atoms with Crippen LogP contribution in [0.25, 0.3) is 0 Å². The summed E-state index contributed by atoms with van der Waals surface area (Å²) in [5.74, 6) is -1.74. The normalized spacial score (nSPS) is 11.9. The molecule has 0 bridgehead atoms. The summed E-state index contributed by atoms with van der Waals surface area (Å²) in [7, 11) is 1.25. The number of hydrogen-bond donors (Lipinski definition) is 3. The van der Waals surface area contributed by atoms with Gasteiger partial charge in [-0.15, -0.1) is 0 Å². The second-order valence-electron chi connectivity index (χ2n) is 8.50. The fourth-order valence-corrected chi connectivity index (χ4v) is 3.69. The van der Waals surface area contributed by atoms with Crippen LogP contribution >= 0.6 is 0 Å². The molecule has 0 radical (unpaired) electrons. The number of alkyl carbamates (subject to hydrolysis) is 1. The van der Waals surface area contributed by atoms with E-state index in [2.05, 4.69) is 16.0 Å². The van der Waals surface area contributed by atoms with Gasteiger partial charge in [-0.1, -0.05) is 91.0 Å². The molecule has 0 aliphatic carbocycles. The van der Waals surface area contributed by atoms with Crippen LogP contribution in [0.3, 0.4) is 0 Å². The third kappa shape index (κ3) is 9.42. The first-order valence-electron chi connectivity index (χ1n) is 12.1. The first kappa shape index (κ1) is 27.9. The smallest absolute Gasteiger partial charge is 0.407 e. The largest absolute Gasteiger partial charge is 0.467 e. The first-order valence-corrected chi connectivity index (χ1v) is 12.1. The lowest BCUT2D eigenvalue weighted by Crippen LogP contribution is -2.54. The molecule has 0 saturated carbocycles. The van der Waals surface area contributed by atoms with Crippen LogP contribution in [0.2, 0.25) is 0 Å². The van der Waals surface area contributed by atoms with Crippen molar-refractivity contribution >= 4 is 23.9 Å². The number of hydrogen-bond acceptors (Lipinski definition) is 6. The summed E-state index contributed by atoms with van der Waals surface area (Å²) in [6.45, 7) is -0.333. The van der Waals surface area contributed by atoms with Crippen LogP contribution < -0.4 is 16.0 Å². The Labute approximate surface area is 221 Å². The highest BCUT2D eigenvalue weighted by molar-refractivity contribution is 5.92. The van der Waals surface area contributed by atoms with Gasteiger partial charge in [0.25, 0.3) is 0 Å². The second kappa shape index (κ2) is 14.8. The van der Waals surface area contributed by atoms with Gasteiger partial charge < -0.3 is 25.4 Å². The third-order valence-electron chi connectivity index (χ3n) is 5.63. The van der Waals surface area contributed by atoms with Crippen LogP contribution in [0.5, 0.6) is 0 Å². The SMILES string of the molecule is COC(=O)[C@H](Cc1ccccc1)NC(=O)[C@H](Cc1ccccc1)NC(=O)CNC(=O)OCc1ccccc1. The molecule has 0 aromatic heterocycles. The van der Waals surface area contributed by atoms with Crippen molar-refractivity contribution in [3.63, 3.8) is 0 Å². The number of nitrogens with one attached hydrogen (secondary N) is 3. The molecule has 3 aromatic carbocycles. The minimum Gasteiger partial charge on any atom is -0.467 e. The molecule has 0 heterocycles. The van der Waals surface area contributed by atoms with Crippen molar-refractivity contribution < 1.29 is 28.7 Å². The van der Waals surface area contributed by atoms with Gasteiger partial charge in [0.05, 0.1) is 7.11 Å². The van der Waals surface area contributed by atoms with Gasteiger partial charge >= 0.3 is 12.1 Å². The third-order valence-corrected chi connectivity index (χ3v) is 5.63. The van der Waals surface area contributed by atoms with E-state index in [-0.39, 0.29) is 19.4 Å². The van der Waals surface area contributed by atoms with Gasteiger partial charge in [-0.3, -0.25) is 9.59 Å². The molecule has 2 atom stereocenters. The van der Waals surface area contributed by atoms with Gasteiger partial charge in [0.2, 0.25) is 11.8 Å². The Kier molecular flexibility index (Phi) is 10.9. The van der Waals surface area contributed by atoms with Crippen LogP contribution in [0.4, 0.5) is 4.79 Å². The lowest BCUT2D eigenvalue weighted by molar-refractivity contribution is -0.145. The summed E-state index contributed by atoms with van der Waals surface area (Å²) in [6, 6.07) is 25.5. The number of methoxy groups -OCH3 is 1. The highest BCUT2D eigenvalue weighted by Crippen LogP contribution is 2.08. The number of esters is 1. The summed E-state index contributed by atoms with van der Waals surface area (Å²) >= 11 is 0. The molecule has 3 rings (SSSR count). The Morgan fingerprint density at radius 1 is 0.684 bits per heavy atom. The highest BCUT2D eigenvalue weighted by atomic mass is 16.5. The topological polar surface area (TPSA) is 123 Å². The number of carbonyl (C=O) groups excluding carboxylic acids is 4. The molecule has 3 N–H and O–H groups in total. The van der Waals surface area contributed by atoms with E-state index in [0.717, 1.165) is 16.7 Å². The van der Waals surface area contributed by atoms with Crippen LogP contribution in [0.1, 0.15) is 16.7 Å². The Bertz CT molecular complexity index is 1190. The summed E-state index contributed by atoms with van der Waals surface area (Å²) in [5.41, 5.74) is 2.45. The molecule has 0 aliphatic heterocycles. The maximum Gasteiger partial charge on any atom is 0.407 e. The fraction of sp³-hybridized carbons (Fsp3) is 0.241. The van der Waals surface area contributed by atoms with E-state index in [9.17, 15) is 19.2 Å². The van der Waals surface area contributed by atoms with E-state index in [4.69, 9.17) is 9.47 Å². The van der Waals surface area contributed by atoms with E-state index in [0.29, 0.717) is 0 Å². The molecule has 3 amide bonds. The molecule has 38 heavy (non-hydrogen) atoms. The molecule has 3 aromatic rings. The van der Waals surface area contributed by atoms with Gasteiger partial charge in [0, 0.05) is 12.8 Å². The van der Waals surface area contributed by atoms with Gasteiger partial charge in [-0.05, 0) is 16.7 Å². The summed E-state index contributed by atoms with van der Waals surface area (Å²) in [5, 5.41) is 7.73. The number of benzene rings is 3. The molecule has 9 nitrogen and oxygen atoms in total. The van der Waals surface area contributed by atoms with Crippen molar-refractivity contribution in [2.45, 2.75) is 31.5 Å². The van der Waals surface area contributed by atoms with Crippen LogP contribution in [0, 0.1) is 0 Å². The molecule has 0 saturated heterocycles. The van der Waals surface area contributed by atoms with Crippen LogP contribution in [0.15, 0.2) is 91.0 Å². The van der Waals surface area contributed by atoms with Gasteiger partial charge in [0.15, 0.2) is 0 Å². The van der Waals surface area contributed by atoms with Crippen molar-refractivity contribution in [1.82, 2.24) is 16.0 Å². The summed E-state index contributed by atoms with van der Waals surface area (Å²) in [6.07, 6.45) is -0.363. The zero-order valence-corrected chi connectivity index (χ0v) is 21.1. The van der Waals surface area contributed by atoms with Crippen LogP contribution in [-0.2, 0) is 43.3 Å². The van der Waals surface area contributed by atoms with Crippen molar-refractivity contribution in [1.29, 1.82) is 0 Å². The van der Waals surface area contributed by atoms with Crippen molar-refractivity contribution in [2.24, 2.45) is 0 Å². The Hall–Kier alpha value is -4.66. The number of rotatable bonds is 12. The zero-order chi connectivity index (χ0) is 27.2. The monoisotopic (exact) mass is 517 g/mol. The predicted molar refractivity (Wildman–Crippen MR) is 141 cm³/mol. The second-order valence-corrected chi connectivity index (χ2v) is 8.50. The van der Waals surface area contributed by atoms with E-state index < -0.39 is 42.5 Å². The van der Waals surface area contributed by atoms with E-state index in [1.165, 1.54) is 7.11 Å². The average Bonchev–Trinajstić information content (AvgIpc) is 2.95. The Balaban J connectivity index is 1.61. The van der Waals surface area contributed by atoms with E-state index >= 15 is 0 Å². The Morgan fingerprint density at radius 3 is 1.71 bits per heavy atom. The lowest BCUT2D eigenvalue weighted by atomic mass is 10.0. The maximum atomic E-state index is 13.3. The number of carbonyl (C=O) groups is 4. The predicted octanol–water partition coefficient (Wildman–Crippen LogP) is 2.54. The standard InChI is InChI=1S/C29H31N3O6/c1-37-28(35)25(18-22-13-7-3-8-14-22)32-27(34)24(17-21-11-5-2-6-12-21)31-26(33)19-30-29(36)38-20-23-15-9-4-10-16-23/h2-16,24-25H,17-20H2,1H3,(H,30,36)(H,31,33)(H,32,34)/t24-,25-/m0/s1. The number of ether oxygens (including phenoxy) is 2. The molecule has 198 valence electrons. The Morgan fingerprint density at radius 2 is 1.18 bits per heavy atom. The van der Waals surface area contributed by atoms with E-state index in [1.807, 2.05) is 91.0 Å². The minimum absolute atomic E-state index is 0.0592. The molecule has 0 unspecified atom stereocenters. The maximum absolute atomic E-state index is 13.3. The fourth-order valence-electron chi connectivity index (χ4n) is 3.69. The number of amides is 3. The lowest BCUT2D eigenvalue weighted by Gasteiger charge is -2.22. The van der Waals surface area contributed by atoms with Crippen molar-refractivity contribution in [3.8, 4) is 0 Å². The van der Waals surface area contributed by atoms with Crippen molar-refractivity contribution in [3.05, 3.63) is 108 Å². The van der Waals surface area contributed by atoms with Gasteiger partial charge in [0.1, 0.15) is 25.2 Å². The first-order chi connectivity index (χ1) is 18.4. The molecule has 9 heteroatoms. The summed E-state index contributed by atoms with van der Waals surface area (Å²) < 4.78 is 10.00. The van der Waals surface area contributed by atoms with E-state index in [1.54, 1.807) is 0 Å². The highest BCUT2D eigenvalue weighted by Gasteiger charge is 2.28. The van der Waals surface area contributed by atoms with Crippen LogP contribution in [-0.4, -0.2) is 49.6 Å². The van der Waals surface area contributed by atoms with Gasteiger partial charge in [-0.25, -0.2) is 9.59 Å². The minimum atomic E-state index is -1.00. The molecule has 0 aliphatic rings. The molecule has 0 fully saturated rings. The summed E-state index contributed by atoms with van der Waals surface area (Å²) in [4.78, 5) is 50.3. The zero-order valence-electron chi connectivity index (χ0n) is 21.1. The quantitative estimate of drug-likeness (QED) is 0.318. The van der Waals surface area contributed by atoms with Gasteiger partial charge in [-0.2, -0.15) is 0 Å². The molecular weight excluding hydrogens is 486 g/mol. The molecular formula is C29H31N3O6. The molecule has 0 spiro atoms.